The largest absolute Gasteiger partial charge is 0.384 e. The molecule has 0 bridgehead atoms. The Labute approximate surface area is 144 Å². The molecule has 0 radical (unpaired) electrons. The van der Waals surface area contributed by atoms with Crippen molar-refractivity contribution in [1.82, 2.24) is 4.98 Å². The summed E-state index contributed by atoms with van der Waals surface area (Å²) in [5.41, 5.74) is 6.79. The van der Waals surface area contributed by atoms with Gasteiger partial charge < -0.3 is 5.11 Å². The summed E-state index contributed by atoms with van der Waals surface area (Å²) < 4.78 is 0. The van der Waals surface area contributed by atoms with Crippen LogP contribution in [-0.2, 0) is 0 Å². The van der Waals surface area contributed by atoms with Gasteiger partial charge in [0.05, 0.1) is 11.9 Å². The number of aliphatic hydroxyl groups is 1. The van der Waals surface area contributed by atoms with Crippen molar-refractivity contribution in [3.05, 3.63) is 71.1 Å². The van der Waals surface area contributed by atoms with E-state index in [1.54, 1.807) is 6.21 Å². The van der Waals surface area contributed by atoms with Crippen LogP contribution in [0.2, 0.25) is 0 Å². The Morgan fingerprint density at radius 3 is 2.67 bits per heavy atom. The van der Waals surface area contributed by atoms with Gasteiger partial charge in [-0.2, -0.15) is 5.10 Å². The van der Waals surface area contributed by atoms with Gasteiger partial charge in [0.1, 0.15) is 6.61 Å². The zero-order valence-corrected chi connectivity index (χ0v) is 13.6. The lowest BCUT2D eigenvalue weighted by atomic mass is 10.1. The van der Waals surface area contributed by atoms with E-state index in [1.807, 2.05) is 60.0 Å². The van der Waals surface area contributed by atoms with Crippen LogP contribution < -0.4 is 5.43 Å². The van der Waals surface area contributed by atoms with Crippen LogP contribution in [0.5, 0.6) is 0 Å². The molecular weight excluding hydrogens is 318 g/mol. The smallest absolute Gasteiger partial charge is 0.203 e. The maximum Gasteiger partial charge on any atom is 0.203 e. The van der Waals surface area contributed by atoms with Crippen LogP contribution in [0.25, 0.3) is 11.3 Å². The van der Waals surface area contributed by atoms with Crippen molar-refractivity contribution >= 4 is 22.7 Å². The van der Waals surface area contributed by atoms with Gasteiger partial charge in [-0.1, -0.05) is 54.3 Å². The summed E-state index contributed by atoms with van der Waals surface area (Å²) in [5.74, 6) is 5.47. The van der Waals surface area contributed by atoms with E-state index in [1.165, 1.54) is 11.3 Å². The van der Waals surface area contributed by atoms with E-state index in [2.05, 4.69) is 27.4 Å². The molecule has 0 saturated carbocycles. The first-order valence-electron chi connectivity index (χ1n) is 7.35. The standard InChI is InChI=1S/C19H15N3OS/c23-12-4-5-15-8-10-16(11-9-15)13-20-22-19-21-18(14-24-19)17-6-2-1-3-7-17/h1-3,6-11,13-14,23H,12H2,(H,21,22). The van der Waals surface area contributed by atoms with Crippen molar-refractivity contribution < 1.29 is 5.11 Å². The van der Waals surface area contributed by atoms with Gasteiger partial charge in [0.2, 0.25) is 5.13 Å². The third-order valence-electron chi connectivity index (χ3n) is 3.17. The first kappa shape index (κ1) is 15.9. The lowest BCUT2D eigenvalue weighted by Gasteiger charge is -1.96. The summed E-state index contributed by atoms with van der Waals surface area (Å²) in [7, 11) is 0. The van der Waals surface area contributed by atoms with Crippen molar-refractivity contribution in [2.75, 3.05) is 12.0 Å². The summed E-state index contributed by atoms with van der Waals surface area (Å²) in [4.78, 5) is 4.51. The molecule has 1 heterocycles. The van der Waals surface area contributed by atoms with Gasteiger partial charge in [-0.25, -0.2) is 4.98 Å². The number of nitrogens with one attached hydrogen (secondary N) is 1. The molecule has 2 aromatic carbocycles. The average molecular weight is 333 g/mol. The maximum atomic E-state index is 8.67. The van der Waals surface area contributed by atoms with Gasteiger partial charge in [0.15, 0.2) is 0 Å². The van der Waals surface area contributed by atoms with Crippen molar-refractivity contribution in [2.24, 2.45) is 5.10 Å². The number of hydrogen-bond donors (Lipinski definition) is 2. The Morgan fingerprint density at radius 2 is 1.92 bits per heavy atom. The van der Waals surface area contributed by atoms with Gasteiger partial charge in [-0.15, -0.1) is 11.3 Å². The molecule has 0 aliphatic carbocycles. The molecule has 118 valence electrons. The summed E-state index contributed by atoms with van der Waals surface area (Å²) in [6.45, 7) is -0.133. The van der Waals surface area contributed by atoms with Gasteiger partial charge >= 0.3 is 0 Å². The molecule has 1 aromatic heterocycles. The second-order valence-electron chi connectivity index (χ2n) is 4.86. The molecule has 0 fully saturated rings. The van der Waals surface area contributed by atoms with Crippen LogP contribution in [-0.4, -0.2) is 22.9 Å². The van der Waals surface area contributed by atoms with E-state index in [-0.39, 0.29) is 6.61 Å². The highest BCUT2D eigenvalue weighted by Crippen LogP contribution is 2.24. The van der Waals surface area contributed by atoms with Crippen LogP contribution >= 0.6 is 11.3 Å². The fourth-order valence-electron chi connectivity index (χ4n) is 2.02. The third kappa shape index (κ3) is 4.29. The van der Waals surface area contributed by atoms with Crippen molar-refractivity contribution in [2.45, 2.75) is 0 Å². The number of aliphatic hydroxyl groups excluding tert-OH is 1. The Kier molecular flexibility index (Phi) is 5.36. The third-order valence-corrected chi connectivity index (χ3v) is 3.92. The number of thiazole rings is 1. The zero-order valence-electron chi connectivity index (χ0n) is 12.8. The molecule has 0 spiro atoms. The van der Waals surface area contributed by atoms with E-state index >= 15 is 0 Å². The van der Waals surface area contributed by atoms with E-state index < -0.39 is 0 Å². The lowest BCUT2D eigenvalue weighted by Crippen LogP contribution is -1.90. The Morgan fingerprint density at radius 1 is 1.12 bits per heavy atom. The Bertz CT molecular complexity index is 874. The summed E-state index contributed by atoms with van der Waals surface area (Å²) in [6.07, 6.45) is 1.73. The van der Waals surface area contributed by atoms with Crippen molar-refractivity contribution in [3.63, 3.8) is 0 Å². The van der Waals surface area contributed by atoms with Crippen LogP contribution in [0.15, 0.2) is 65.1 Å². The van der Waals surface area contributed by atoms with Crippen LogP contribution in [0, 0.1) is 11.8 Å². The highest BCUT2D eigenvalue weighted by molar-refractivity contribution is 7.14. The molecule has 0 amide bonds. The van der Waals surface area contributed by atoms with Crippen molar-refractivity contribution in [3.8, 4) is 23.1 Å². The molecule has 5 heteroatoms. The van der Waals surface area contributed by atoms with Gasteiger partial charge in [-0.05, 0) is 17.7 Å². The minimum absolute atomic E-state index is 0.133. The van der Waals surface area contributed by atoms with E-state index in [9.17, 15) is 0 Å². The second-order valence-corrected chi connectivity index (χ2v) is 5.71. The monoisotopic (exact) mass is 333 g/mol. The van der Waals surface area contributed by atoms with Crippen LogP contribution in [0.4, 0.5) is 5.13 Å². The minimum atomic E-state index is -0.133. The summed E-state index contributed by atoms with van der Waals surface area (Å²) >= 11 is 1.51. The van der Waals surface area contributed by atoms with E-state index in [0.717, 1.165) is 27.5 Å². The number of aromatic nitrogens is 1. The second kappa shape index (κ2) is 8.06. The molecular formula is C19H15N3OS. The van der Waals surface area contributed by atoms with E-state index in [4.69, 9.17) is 5.11 Å². The number of nitrogens with zero attached hydrogens (tertiary/aromatic N) is 2. The fraction of sp³-hybridized carbons (Fsp3) is 0.0526. The first-order valence-corrected chi connectivity index (χ1v) is 8.23. The van der Waals surface area contributed by atoms with Crippen molar-refractivity contribution in [1.29, 1.82) is 0 Å². The average Bonchev–Trinajstić information content (AvgIpc) is 3.11. The number of anilines is 1. The van der Waals surface area contributed by atoms with E-state index in [0.29, 0.717) is 0 Å². The summed E-state index contributed by atoms with van der Waals surface area (Å²) in [6, 6.07) is 17.7. The van der Waals surface area contributed by atoms with Crippen LogP contribution in [0.3, 0.4) is 0 Å². The molecule has 0 aliphatic heterocycles. The maximum absolute atomic E-state index is 8.67. The van der Waals surface area contributed by atoms with Gasteiger partial charge in [-0.3, -0.25) is 5.43 Å². The minimum Gasteiger partial charge on any atom is -0.384 e. The quantitative estimate of drug-likeness (QED) is 0.436. The molecule has 0 aliphatic rings. The van der Waals surface area contributed by atoms with Crippen LogP contribution in [0.1, 0.15) is 11.1 Å². The number of rotatable bonds is 4. The molecule has 0 unspecified atom stereocenters. The predicted molar refractivity (Wildman–Crippen MR) is 99.2 cm³/mol. The number of hydrogen-bond acceptors (Lipinski definition) is 5. The van der Waals surface area contributed by atoms with Gasteiger partial charge in [0, 0.05) is 16.5 Å². The molecule has 24 heavy (non-hydrogen) atoms. The predicted octanol–water partition coefficient (Wildman–Crippen LogP) is 3.60. The zero-order chi connectivity index (χ0) is 16.6. The number of hydrazone groups is 1. The normalized spacial score (nSPS) is 10.4. The Balaban J connectivity index is 1.61. The first-order chi connectivity index (χ1) is 11.8. The molecule has 3 rings (SSSR count). The lowest BCUT2D eigenvalue weighted by molar-refractivity contribution is 0.350. The highest BCUT2D eigenvalue weighted by Gasteiger charge is 2.02. The highest BCUT2D eigenvalue weighted by atomic mass is 32.1. The molecule has 3 aromatic rings. The number of benzene rings is 2. The van der Waals surface area contributed by atoms with Gasteiger partial charge in [0.25, 0.3) is 0 Å². The molecule has 2 N–H and O–H groups in total. The Hall–Kier alpha value is -2.94. The molecule has 4 nitrogen and oxygen atoms in total. The molecule has 0 saturated heterocycles. The SMILES string of the molecule is OCC#Cc1ccc(C=NNc2nc(-c3ccccc3)cs2)cc1. The summed E-state index contributed by atoms with van der Waals surface area (Å²) in [5, 5.41) is 15.6. The molecule has 0 atom stereocenters. The fourth-order valence-corrected chi connectivity index (χ4v) is 2.69. The topological polar surface area (TPSA) is 57.5 Å².